The van der Waals surface area contributed by atoms with Gasteiger partial charge in [-0.2, -0.15) is 0 Å². The molecule has 0 aliphatic heterocycles. The van der Waals surface area contributed by atoms with Crippen molar-refractivity contribution < 1.29 is 4.79 Å². The van der Waals surface area contributed by atoms with Crippen LogP contribution in [-0.2, 0) is 0 Å². The van der Waals surface area contributed by atoms with Gasteiger partial charge in [0.15, 0.2) is 0 Å². The molecule has 4 heteroatoms. The van der Waals surface area contributed by atoms with Crippen LogP contribution in [-0.4, -0.2) is 45.0 Å². The number of hydrogen-bond acceptors (Lipinski definition) is 3. The molecule has 0 fully saturated rings. The second-order valence-electron chi connectivity index (χ2n) is 7.79. The monoisotopic (exact) mass is 367 g/mol. The van der Waals surface area contributed by atoms with E-state index in [9.17, 15) is 4.79 Å². The van der Waals surface area contributed by atoms with Gasteiger partial charge in [-0.3, -0.25) is 4.79 Å². The molecular weight excluding hydrogens is 334 g/mol. The van der Waals surface area contributed by atoms with E-state index in [0.717, 1.165) is 36.4 Å². The fourth-order valence-electron chi connectivity index (χ4n) is 3.04. The Balaban J connectivity index is 2.25. The van der Waals surface area contributed by atoms with E-state index in [2.05, 4.69) is 69.2 Å². The predicted molar refractivity (Wildman–Crippen MR) is 116 cm³/mol. The fourth-order valence-corrected chi connectivity index (χ4v) is 3.04. The van der Waals surface area contributed by atoms with E-state index < -0.39 is 0 Å². The van der Waals surface area contributed by atoms with Crippen LogP contribution in [0.3, 0.4) is 0 Å². The molecule has 0 unspecified atom stereocenters. The van der Waals surface area contributed by atoms with Crippen LogP contribution in [0.15, 0.2) is 30.3 Å². The zero-order chi connectivity index (χ0) is 20.1. The minimum Gasteiger partial charge on any atom is -0.373 e. The fraction of sp³-hybridized carbons (Fsp3) is 0.435. The smallest absolute Gasteiger partial charge is 0.255 e. The molecule has 146 valence electrons. The quantitative estimate of drug-likeness (QED) is 0.779. The summed E-state index contributed by atoms with van der Waals surface area (Å²) in [5.41, 5.74) is 7.35. The Morgan fingerprint density at radius 2 is 1.48 bits per heavy atom. The lowest BCUT2D eigenvalue weighted by atomic mass is 10.0. The molecule has 2 aromatic carbocycles. The Labute approximate surface area is 164 Å². The number of nitrogens with zero attached hydrogens (tertiary/aromatic N) is 2. The van der Waals surface area contributed by atoms with Gasteiger partial charge >= 0.3 is 0 Å². The van der Waals surface area contributed by atoms with E-state index in [4.69, 9.17) is 0 Å². The van der Waals surface area contributed by atoms with Crippen molar-refractivity contribution in [1.82, 2.24) is 4.90 Å². The highest BCUT2D eigenvalue weighted by Gasteiger charge is 2.14. The van der Waals surface area contributed by atoms with Crippen LogP contribution in [0.2, 0.25) is 0 Å². The van der Waals surface area contributed by atoms with Gasteiger partial charge in [0.2, 0.25) is 0 Å². The maximum absolute atomic E-state index is 12.8. The Morgan fingerprint density at radius 1 is 0.852 bits per heavy atom. The molecule has 0 atom stereocenters. The molecule has 0 saturated carbocycles. The van der Waals surface area contributed by atoms with Crippen molar-refractivity contribution in [1.29, 1.82) is 0 Å². The van der Waals surface area contributed by atoms with Crippen LogP contribution >= 0.6 is 0 Å². The van der Waals surface area contributed by atoms with Crippen LogP contribution in [0.5, 0.6) is 0 Å². The zero-order valence-corrected chi connectivity index (χ0v) is 17.8. The molecule has 1 amide bonds. The maximum Gasteiger partial charge on any atom is 0.255 e. The Bertz CT molecular complexity index is 812. The van der Waals surface area contributed by atoms with Crippen LogP contribution in [0, 0.1) is 27.7 Å². The van der Waals surface area contributed by atoms with Crippen molar-refractivity contribution in [3.8, 4) is 0 Å². The van der Waals surface area contributed by atoms with Gasteiger partial charge in [0.1, 0.15) is 0 Å². The van der Waals surface area contributed by atoms with Crippen molar-refractivity contribution in [2.45, 2.75) is 34.1 Å². The number of hydrogen-bond donors (Lipinski definition) is 1. The van der Waals surface area contributed by atoms with Gasteiger partial charge < -0.3 is 15.1 Å². The first-order valence-corrected chi connectivity index (χ1v) is 9.54. The zero-order valence-electron chi connectivity index (χ0n) is 17.8. The summed E-state index contributed by atoms with van der Waals surface area (Å²) in [4.78, 5) is 17.2. The van der Waals surface area contributed by atoms with Gasteiger partial charge in [0.25, 0.3) is 5.91 Å². The molecule has 27 heavy (non-hydrogen) atoms. The van der Waals surface area contributed by atoms with Crippen molar-refractivity contribution in [2.75, 3.05) is 44.4 Å². The molecule has 1 N–H and O–H groups in total. The third kappa shape index (κ3) is 5.57. The van der Waals surface area contributed by atoms with Crippen LogP contribution in [0.4, 0.5) is 11.4 Å². The summed E-state index contributed by atoms with van der Waals surface area (Å²) < 4.78 is 0. The summed E-state index contributed by atoms with van der Waals surface area (Å²) in [5, 5.41) is 3.13. The molecule has 2 rings (SSSR count). The molecule has 0 aliphatic carbocycles. The van der Waals surface area contributed by atoms with Crippen molar-refractivity contribution in [2.24, 2.45) is 0 Å². The average Bonchev–Trinajstić information content (AvgIpc) is 2.59. The summed E-state index contributed by atoms with van der Waals surface area (Å²) in [6, 6.07) is 10.1. The summed E-state index contributed by atoms with van der Waals surface area (Å²) in [7, 11) is 6.27. The number of carbonyl (C=O) groups is 1. The molecule has 0 aromatic heterocycles. The van der Waals surface area contributed by atoms with E-state index in [0.29, 0.717) is 5.56 Å². The molecule has 0 radical (unpaired) electrons. The lowest BCUT2D eigenvalue weighted by molar-refractivity contribution is 0.102. The highest BCUT2D eigenvalue weighted by atomic mass is 16.1. The van der Waals surface area contributed by atoms with Gasteiger partial charge in [0, 0.05) is 19.2 Å². The second-order valence-corrected chi connectivity index (χ2v) is 7.79. The molecule has 2 aromatic rings. The van der Waals surface area contributed by atoms with E-state index >= 15 is 0 Å². The largest absolute Gasteiger partial charge is 0.373 e. The Morgan fingerprint density at radius 3 is 2.11 bits per heavy atom. The lowest BCUT2D eigenvalue weighted by Crippen LogP contribution is -2.25. The second kappa shape index (κ2) is 9.05. The van der Waals surface area contributed by atoms with Crippen molar-refractivity contribution in [3.05, 3.63) is 58.1 Å². The molecule has 0 spiro atoms. The van der Waals surface area contributed by atoms with Gasteiger partial charge in [-0.1, -0.05) is 6.07 Å². The number of amides is 1. The number of nitrogens with one attached hydrogen (secondary N) is 1. The summed E-state index contributed by atoms with van der Waals surface area (Å²) >= 11 is 0. The highest BCUT2D eigenvalue weighted by molar-refractivity contribution is 6.06. The van der Waals surface area contributed by atoms with Crippen LogP contribution in [0.25, 0.3) is 0 Å². The van der Waals surface area contributed by atoms with Gasteiger partial charge in [-0.25, -0.2) is 0 Å². The molecule has 0 bridgehead atoms. The maximum atomic E-state index is 12.8. The van der Waals surface area contributed by atoms with Crippen molar-refractivity contribution >= 4 is 17.3 Å². The first-order chi connectivity index (χ1) is 12.7. The average molecular weight is 368 g/mol. The van der Waals surface area contributed by atoms with Crippen LogP contribution < -0.4 is 10.2 Å². The normalized spacial score (nSPS) is 11.0. The molecule has 0 heterocycles. The minimum absolute atomic E-state index is 0.0655. The third-order valence-electron chi connectivity index (χ3n) is 5.14. The van der Waals surface area contributed by atoms with Gasteiger partial charge in [-0.05, 0) is 101 Å². The first kappa shape index (κ1) is 21.0. The molecule has 4 nitrogen and oxygen atoms in total. The topological polar surface area (TPSA) is 35.6 Å². The highest BCUT2D eigenvalue weighted by Crippen LogP contribution is 2.29. The number of benzene rings is 2. The SMILES string of the molecule is Cc1ccc(C(=O)Nc2cc(C)c(C)cc2N(C)CCCN(C)C)cc1C. The summed E-state index contributed by atoms with van der Waals surface area (Å²) in [5.74, 6) is -0.0655. The van der Waals surface area contributed by atoms with E-state index in [-0.39, 0.29) is 5.91 Å². The number of rotatable bonds is 7. The minimum atomic E-state index is -0.0655. The molecule has 0 aliphatic rings. The lowest BCUT2D eigenvalue weighted by Gasteiger charge is -2.25. The van der Waals surface area contributed by atoms with Gasteiger partial charge in [-0.15, -0.1) is 0 Å². The number of aryl methyl sites for hydroxylation is 4. The Kier molecular flexibility index (Phi) is 7.03. The third-order valence-corrected chi connectivity index (χ3v) is 5.14. The van der Waals surface area contributed by atoms with E-state index in [1.165, 1.54) is 16.7 Å². The molecule has 0 saturated heterocycles. The number of carbonyl (C=O) groups excluding carboxylic acids is 1. The summed E-state index contributed by atoms with van der Waals surface area (Å²) in [6.07, 6.45) is 1.07. The summed E-state index contributed by atoms with van der Waals surface area (Å²) in [6.45, 7) is 10.3. The predicted octanol–water partition coefficient (Wildman–Crippen LogP) is 4.56. The van der Waals surface area contributed by atoms with Crippen molar-refractivity contribution in [3.63, 3.8) is 0 Å². The Hall–Kier alpha value is -2.33. The first-order valence-electron chi connectivity index (χ1n) is 9.54. The van der Waals surface area contributed by atoms with Crippen LogP contribution in [0.1, 0.15) is 39.0 Å². The molecular formula is C23H33N3O. The van der Waals surface area contributed by atoms with Gasteiger partial charge in [0.05, 0.1) is 11.4 Å². The number of anilines is 2. The van der Waals surface area contributed by atoms with E-state index in [1.807, 2.05) is 25.1 Å². The standard InChI is InChI=1S/C23H33N3O/c1-16-9-10-20(13-17(16)2)23(27)24-21-14-18(3)19(4)15-22(21)26(7)12-8-11-25(5)6/h9-10,13-15H,8,11-12H2,1-7H3,(H,24,27). The van der Waals surface area contributed by atoms with E-state index in [1.54, 1.807) is 0 Å².